The first kappa shape index (κ1) is 35.7. The number of hydrogen-bond donors (Lipinski definition) is 0. The van der Waals surface area contributed by atoms with Crippen LogP contribution in [0.1, 0.15) is 0 Å². The van der Waals surface area contributed by atoms with Gasteiger partial charge in [-0.3, -0.25) is 0 Å². The second kappa shape index (κ2) is 14.8. The van der Waals surface area contributed by atoms with Gasteiger partial charge < -0.3 is 9.13 Å². The van der Waals surface area contributed by atoms with Gasteiger partial charge in [-0.15, -0.1) is 0 Å². The van der Waals surface area contributed by atoms with Crippen LogP contribution in [0.25, 0.3) is 111 Å². The Labute approximate surface area is 360 Å². The third-order valence-corrected chi connectivity index (χ3v) is 12.5. The van der Waals surface area contributed by atoms with Gasteiger partial charge in [-0.25, -0.2) is 0 Å². The highest BCUT2D eigenvalue weighted by Crippen LogP contribution is 2.38. The molecule has 0 N–H and O–H groups in total. The molecular formula is C60H40N2. The van der Waals surface area contributed by atoms with E-state index in [-0.39, 0.29) is 0 Å². The Morgan fingerprint density at radius 2 is 0.500 bits per heavy atom. The zero-order chi connectivity index (χ0) is 41.0. The van der Waals surface area contributed by atoms with E-state index in [4.69, 9.17) is 0 Å². The van der Waals surface area contributed by atoms with E-state index in [1.54, 1.807) is 0 Å². The Morgan fingerprint density at radius 3 is 0.984 bits per heavy atom. The highest BCUT2D eigenvalue weighted by molar-refractivity contribution is 6.12. The van der Waals surface area contributed by atoms with Crippen molar-refractivity contribution in [2.75, 3.05) is 0 Å². The molecule has 0 aliphatic heterocycles. The molecule has 0 spiro atoms. The van der Waals surface area contributed by atoms with Gasteiger partial charge in [0.2, 0.25) is 0 Å². The van der Waals surface area contributed by atoms with Gasteiger partial charge >= 0.3 is 0 Å². The largest absolute Gasteiger partial charge is 0.309 e. The highest BCUT2D eigenvalue weighted by atomic mass is 15.0. The van der Waals surface area contributed by atoms with Crippen molar-refractivity contribution in [3.05, 3.63) is 243 Å². The molecule has 2 nitrogen and oxygen atoms in total. The third kappa shape index (κ3) is 6.12. The van der Waals surface area contributed by atoms with Crippen LogP contribution in [0.4, 0.5) is 0 Å². The number of para-hydroxylation sites is 3. The first-order chi connectivity index (χ1) is 30.7. The number of nitrogens with zero attached hydrogens (tertiary/aromatic N) is 2. The van der Waals surface area contributed by atoms with E-state index in [0.717, 1.165) is 11.4 Å². The van der Waals surface area contributed by atoms with Gasteiger partial charge in [0.05, 0.1) is 22.1 Å². The lowest BCUT2D eigenvalue weighted by Gasteiger charge is -2.13. The summed E-state index contributed by atoms with van der Waals surface area (Å²) in [4.78, 5) is 0. The standard InChI is InChI=1S/C60H40N2/c1-2-14-41(15-3-1)44-16-10-19-47(36-44)48-20-11-17-45(37-48)42-30-32-43(33-31-42)46-18-12-21-49(38-46)50-22-13-23-51(39-50)62-59-29-9-6-26-55(59)56-35-34-52(40-60(56)62)61-57-27-7-4-24-53(57)54-25-5-8-28-58(54)61/h1-40H. The van der Waals surface area contributed by atoms with Gasteiger partial charge in [0.1, 0.15) is 0 Å². The second-order valence-corrected chi connectivity index (χ2v) is 16.2. The Morgan fingerprint density at radius 1 is 0.177 bits per heavy atom. The SMILES string of the molecule is c1ccc(-c2cccc(-c3cccc(-c4ccc(-c5cccc(-c6cccc(-n7c8ccccc8c8ccc(-n9c%10ccccc%10c%10ccccc%109)cc87)c6)c5)cc4)c3)c2)cc1. The normalized spacial score (nSPS) is 11.5. The van der Waals surface area contributed by atoms with Crippen molar-refractivity contribution in [3.63, 3.8) is 0 Å². The fourth-order valence-electron chi connectivity index (χ4n) is 9.52. The summed E-state index contributed by atoms with van der Waals surface area (Å²) in [6, 6.07) is 88.4. The van der Waals surface area contributed by atoms with Crippen LogP contribution in [0, 0.1) is 0 Å². The molecule has 0 amide bonds. The van der Waals surface area contributed by atoms with Crippen molar-refractivity contribution in [1.82, 2.24) is 9.13 Å². The molecule has 0 radical (unpaired) electrons. The minimum Gasteiger partial charge on any atom is -0.309 e. The average molecular weight is 789 g/mol. The molecule has 12 rings (SSSR count). The number of hydrogen-bond acceptors (Lipinski definition) is 0. The monoisotopic (exact) mass is 788 g/mol. The molecular weight excluding hydrogens is 749 g/mol. The van der Waals surface area contributed by atoms with Crippen LogP contribution in [0.5, 0.6) is 0 Å². The lowest BCUT2D eigenvalue weighted by molar-refractivity contribution is 1.15. The molecule has 0 aliphatic carbocycles. The van der Waals surface area contributed by atoms with E-state index in [1.807, 2.05) is 0 Å². The summed E-state index contributed by atoms with van der Waals surface area (Å²) in [6.45, 7) is 0. The van der Waals surface area contributed by atoms with Gasteiger partial charge in [0.25, 0.3) is 0 Å². The smallest absolute Gasteiger partial charge is 0.0561 e. The van der Waals surface area contributed by atoms with Crippen molar-refractivity contribution in [2.24, 2.45) is 0 Å². The van der Waals surface area contributed by atoms with Gasteiger partial charge in [0.15, 0.2) is 0 Å². The number of benzene rings is 10. The number of fused-ring (bicyclic) bond motifs is 6. The van der Waals surface area contributed by atoms with Gasteiger partial charge in [-0.1, -0.05) is 182 Å². The Balaban J connectivity index is 0.882. The molecule has 0 fully saturated rings. The molecule has 0 atom stereocenters. The lowest BCUT2D eigenvalue weighted by atomic mass is 9.95. The predicted octanol–water partition coefficient (Wildman–Crippen LogP) is 16.2. The topological polar surface area (TPSA) is 9.86 Å². The van der Waals surface area contributed by atoms with Gasteiger partial charge in [-0.2, -0.15) is 0 Å². The molecule has 2 heteroatoms. The van der Waals surface area contributed by atoms with Crippen molar-refractivity contribution >= 4 is 43.6 Å². The molecule has 0 saturated heterocycles. The number of rotatable bonds is 7. The molecule has 0 saturated carbocycles. The maximum Gasteiger partial charge on any atom is 0.0561 e. The molecule has 62 heavy (non-hydrogen) atoms. The quantitative estimate of drug-likeness (QED) is 0.152. The van der Waals surface area contributed by atoms with E-state index in [0.29, 0.717) is 0 Å². The van der Waals surface area contributed by atoms with Crippen LogP contribution < -0.4 is 0 Å². The first-order valence-corrected chi connectivity index (χ1v) is 21.3. The zero-order valence-corrected chi connectivity index (χ0v) is 34.0. The maximum absolute atomic E-state index is 2.43. The molecule has 2 heterocycles. The Hall–Kier alpha value is -8.20. The van der Waals surface area contributed by atoms with E-state index in [1.165, 1.54) is 99.2 Å². The fraction of sp³-hybridized carbons (Fsp3) is 0. The lowest BCUT2D eigenvalue weighted by Crippen LogP contribution is -1.97. The summed E-state index contributed by atoms with van der Waals surface area (Å²) in [7, 11) is 0. The molecule has 0 aliphatic rings. The van der Waals surface area contributed by atoms with Crippen LogP contribution >= 0.6 is 0 Å². The minimum absolute atomic E-state index is 1.14. The summed E-state index contributed by atoms with van der Waals surface area (Å²) in [5.41, 5.74) is 19.1. The maximum atomic E-state index is 2.43. The molecule has 290 valence electrons. The van der Waals surface area contributed by atoms with Crippen LogP contribution in [0.15, 0.2) is 243 Å². The summed E-state index contributed by atoms with van der Waals surface area (Å²) in [5, 5.41) is 5.02. The van der Waals surface area contributed by atoms with E-state index in [2.05, 4.69) is 252 Å². The Kier molecular flexibility index (Phi) is 8.53. The van der Waals surface area contributed by atoms with Crippen LogP contribution in [0.3, 0.4) is 0 Å². The zero-order valence-electron chi connectivity index (χ0n) is 34.0. The van der Waals surface area contributed by atoms with E-state index >= 15 is 0 Å². The fourth-order valence-corrected chi connectivity index (χ4v) is 9.52. The molecule has 10 aromatic carbocycles. The second-order valence-electron chi connectivity index (χ2n) is 16.2. The summed E-state index contributed by atoms with van der Waals surface area (Å²) in [6.07, 6.45) is 0. The van der Waals surface area contributed by atoms with Gasteiger partial charge in [0, 0.05) is 32.9 Å². The van der Waals surface area contributed by atoms with E-state index < -0.39 is 0 Å². The molecule has 12 aromatic rings. The van der Waals surface area contributed by atoms with Crippen molar-refractivity contribution < 1.29 is 0 Å². The summed E-state index contributed by atoms with van der Waals surface area (Å²) >= 11 is 0. The predicted molar refractivity (Wildman–Crippen MR) is 262 cm³/mol. The molecule has 2 aromatic heterocycles. The highest BCUT2D eigenvalue weighted by Gasteiger charge is 2.17. The molecule has 0 bridgehead atoms. The average Bonchev–Trinajstić information content (AvgIpc) is 3.87. The number of aromatic nitrogens is 2. The van der Waals surface area contributed by atoms with Crippen LogP contribution in [-0.2, 0) is 0 Å². The third-order valence-electron chi connectivity index (χ3n) is 12.5. The van der Waals surface area contributed by atoms with Crippen molar-refractivity contribution in [2.45, 2.75) is 0 Å². The van der Waals surface area contributed by atoms with E-state index in [9.17, 15) is 0 Å². The van der Waals surface area contributed by atoms with Crippen molar-refractivity contribution in [3.8, 4) is 67.0 Å². The molecule has 0 unspecified atom stereocenters. The minimum atomic E-state index is 1.14. The van der Waals surface area contributed by atoms with Crippen LogP contribution in [0.2, 0.25) is 0 Å². The first-order valence-electron chi connectivity index (χ1n) is 21.3. The van der Waals surface area contributed by atoms with Crippen LogP contribution in [-0.4, -0.2) is 9.13 Å². The van der Waals surface area contributed by atoms with Crippen molar-refractivity contribution in [1.29, 1.82) is 0 Å². The summed E-state index contributed by atoms with van der Waals surface area (Å²) in [5.74, 6) is 0. The van der Waals surface area contributed by atoms with Gasteiger partial charge in [-0.05, 0) is 116 Å². The summed E-state index contributed by atoms with van der Waals surface area (Å²) < 4.78 is 4.84. The Bertz CT molecular complexity index is 3570.